The third-order valence-corrected chi connectivity index (χ3v) is 5.18. The Labute approximate surface area is 119 Å². The van der Waals surface area contributed by atoms with Crippen molar-refractivity contribution in [2.24, 2.45) is 0 Å². The van der Waals surface area contributed by atoms with Crippen molar-refractivity contribution in [1.82, 2.24) is 0 Å². The second-order valence-corrected chi connectivity index (χ2v) is 5.40. The smallest absolute Gasteiger partial charge is 0.127 e. The molecule has 0 bridgehead atoms. The molecule has 0 spiro atoms. The summed E-state index contributed by atoms with van der Waals surface area (Å²) < 4.78 is 19.2. The van der Waals surface area contributed by atoms with Crippen LogP contribution in [0.4, 0.5) is 4.39 Å². The Bertz CT molecular complexity index is 353. The zero-order chi connectivity index (χ0) is 12.9. The topological polar surface area (TPSA) is 9.23 Å². The predicted molar refractivity (Wildman–Crippen MR) is 76.8 cm³/mol. The van der Waals surface area contributed by atoms with Crippen molar-refractivity contribution in [3.8, 4) is 0 Å². The molecule has 1 unspecified atom stereocenters. The van der Waals surface area contributed by atoms with Crippen molar-refractivity contribution in [1.29, 1.82) is 0 Å². The van der Waals surface area contributed by atoms with Gasteiger partial charge in [-0.05, 0) is 25.0 Å². The second kappa shape index (κ2) is 6.86. The first-order valence-electron chi connectivity index (χ1n) is 5.49. The van der Waals surface area contributed by atoms with Crippen LogP contribution < -0.4 is 0 Å². The number of ether oxygens (including phenoxy) is 1. The molecule has 1 aromatic carbocycles. The molecule has 0 aliphatic carbocycles. The molecule has 0 radical (unpaired) electrons. The largest absolute Gasteiger partial charge is 0.382 e. The maximum Gasteiger partial charge on any atom is 0.127 e. The van der Waals surface area contributed by atoms with E-state index in [1.807, 2.05) is 19.1 Å². The summed E-state index contributed by atoms with van der Waals surface area (Å²) in [6.45, 7) is 2.00. The monoisotopic (exact) mass is 366 g/mol. The predicted octanol–water partition coefficient (Wildman–Crippen LogP) is 4.28. The Morgan fingerprint density at radius 2 is 1.88 bits per heavy atom. The lowest BCUT2D eigenvalue weighted by Crippen LogP contribution is -2.35. The molecular formula is C13H17Br2FO. The van der Waals surface area contributed by atoms with Gasteiger partial charge in [-0.15, -0.1) is 0 Å². The van der Waals surface area contributed by atoms with E-state index in [-0.39, 0.29) is 17.3 Å². The van der Waals surface area contributed by atoms with E-state index in [0.717, 1.165) is 12.0 Å². The molecule has 0 saturated heterocycles. The molecule has 1 nitrogen and oxygen atoms in total. The van der Waals surface area contributed by atoms with Crippen molar-refractivity contribution in [2.45, 2.75) is 24.9 Å². The molecule has 0 aliphatic rings. The molecule has 96 valence electrons. The quantitative estimate of drug-likeness (QED) is 0.682. The summed E-state index contributed by atoms with van der Waals surface area (Å²) in [6, 6.07) is 6.94. The van der Waals surface area contributed by atoms with Crippen molar-refractivity contribution >= 4 is 31.9 Å². The maximum absolute atomic E-state index is 13.9. The van der Waals surface area contributed by atoms with Crippen LogP contribution in [0.15, 0.2) is 24.3 Å². The molecule has 0 aromatic heterocycles. The van der Waals surface area contributed by atoms with Crippen LogP contribution in [0.2, 0.25) is 0 Å². The Morgan fingerprint density at radius 3 is 2.35 bits per heavy atom. The molecule has 0 heterocycles. The number of hydrogen-bond donors (Lipinski definition) is 0. The van der Waals surface area contributed by atoms with Crippen LogP contribution in [-0.2, 0) is 10.2 Å². The highest BCUT2D eigenvalue weighted by Crippen LogP contribution is 2.35. The Kier molecular flexibility index (Phi) is 6.10. The van der Waals surface area contributed by atoms with E-state index in [1.54, 1.807) is 13.2 Å². The van der Waals surface area contributed by atoms with Crippen molar-refractivity contribution < 1.29 is 9.13 Å². The minimum atomic E-state index is -0.277. The van der Waals surface area contributed by atoms with Gasteiger partial charge in [-0.1, -0.05) is 50.1 Å². The zero-order valence-corrected chi connectivity index (χ0v) is 13.2. The molecule has 0 saturated carbocycles. The zero-order valence-electron chi connectivity index (χ0n) is 10.1. The van der Waals surface area contributed by atoms with Gasteiger partial charge in [0.05, 0.1) is 6.10 Å². The fourth-order valence-corrected chi connectivity index (χ4v) is 3.91. The van der Waals surface area contributed by atoms with Crippen molar-refractivity contribution in [3.63, 3.8) is 0 Å². The van der Waals surface area contributed by atoms with Gasteiger partial charge in [0.1, 0.15) is 5.82 Å². The minimum absolute atomic E-state index is 0.0877. The second-order valence-electron chi connectivity index (χ2n) is 4.28. The fourth-order valence-electron chi connectivity index (χ4n) is 1.92. The summed E-state index contributed by atoms with van der Waals surface area (Å²) in [5.74, 6) is -0.158. The molecule has 1 aromatic rings. The summed E-state index contributed by atoms with van der Waals surface area (Å²) in [5, 5.41) is 1.39. The van der Waals surface area contributed by atoms with Gasteiger partial charge in [0.15, 0.2) is 0 Å². The molecule has 1 atom stereocenters. The van der Waals surface area contributed by atoms with Crippen LogP contribution in [0.25, 0.3) is 0 Å². The Hall–Kier alpha value is 0.0700. The Morgan fingerprint density at radius 1 is 1.29 bits per heavy atom. The van der Waals surface area contributed by atoms with Crippen LogP contribution in [0.3, 0.4) is 0 Å². The SMILES string of the molecule is COC(C)CC(CBr)(CBr)c1ccccc1F. The minimum Gasteiger partial charge on any atom is -0.382 e. The number of methoxy groups -OCH3 is 1. The van der Waals surface area contributed by atoms with Crippen LogP contribution in [0.1, 0.15) is 18.9 Å². The van der Waals surface area contributed by atoms with Gasteiger partial charge in [-0.2, -0.15) is 0 Å². The van der Waals surface area contributed by atoms with E-state index in [4.69, 9.17) is 4.74 Å². The van der Waals surface area contributed by atoms with Crippen LogP contribution >= 0.6 is 31.9 Å². The highest BCUT2D eigenvalue weighted by molar-refractivity contribution is 9.09. The lowest BCUT2D eigenvalue weighted by Gasteiger charge is -2.33. The molecule has 0 amide bonds. The molecule has 0 fully saturated rings. The van der Waals surface area contributed by atoms with Gasteiger partial charge in [0.2, 0.25) is 0 Å². The van der Waals surface area contributed by atoms with Crippen molar-refractivity contribution in [2.75, 3.05) is 17.8 Å². The number of hydrogen-bond acceptors (Lipinski definition) is 1. The first-order chi connectivity index (χ1) is 8.09. The molecular weight excluding hydrogens is 351 g/mol. The standard InChI is InChI=1S/C13H17Br2FO/c1-10(17-2)7-13(8-14,9-15)11-5-3-4-6-12(11)16/h3-6,10H,7-9H2,1-2H3. The summed E-state index contributed by atoms with van der Waals surface area (Å²) in [5.41, 5.74) is 0.457. The van der Waals surface area contributed by atoms with Gasteiger partial charge in [0, 0.05) is 23.2 Å². The lowest BCUT2D eigenvalue weighted by atomic mass is 9.79. The first kappa shape index (κ1) is 15.1. The van der Waals surface area contributed by atoms with Crippen LogP contribution in [0, 0.1) is 5.82 Å². The highest BCUT2D eigenvalue weighted by atomic mass is 79.9. The summed E-state index contributed by atoms with van der Waals surface area (Å²) in [4.78, 5) is 0. The average Bonchev–Trinajstić information content (AvgIpc) is 2.36. The van der Waals surface area contributed by atoms with E-state index in [2.05, 4.69) is 31.9 Å². The van der Waals surface area contributed by atoms with E-state index in [1.165, 1.54) is 6.07 Å². The average molecular weight is 368 g/mol. The highest BCUT2D eigenvalue weighted by Gasteiger charge is 2.34. The molecule has 17 heavy (non-hydrogen) atoms. The summed E-state index contributed by atoms with van der Waals surface area (Å²) in [7, 11) is 1.68. The van der Waals surface area contributed by atoms with Crippen molar-refractivity contribution in [3.05, 3.63) is 35.6 Å². The van der Waals surface area contributed by atoms with Crippen LogP contribution in [-0.4, -0.2) is 23.9 Å². The summed E-state index contributed by atoms with van der Waals surface area (Å²) in [6.07, 6.45) is 0.853. The molecule has 0 aliphatic heterocycles. The normalized spacial score (nSPS) is 13.7. The number of halogens is 3. The number of benzene rings is 1. The molecule has 4 heteroatoms. The van der Waals surface area contributed by atoms with E-state index < -0.39 is 0 Å². The Balaban J connectivity index is 3.11. The summed E-state index contributed by atoms with van der Waals surface area (Å²) >= 11 is 7.02. The third-order valence-electron chi connectivity index (χ3n) is 3.04. The van der Waals surface area contributed by atoms with Crippen LogP contribution in [0.5, 0.6) is 0 Å². The van der Waals surface area contributed by atoms with E-state index in [0.29, 0.717) is 10.7 Å². The first-order valence-corrected chi connectivity index (χ1v) is 7.73. The van der Waals surface area contributed by atoms with Gasteiger partial charge < -0.3 is 4.74 Å². The number of alkyl halides is 2. The van der Waals surface area contributed by atoms with Gasteiger partial charge in [-0.25, -0.2) is 4.39 Å². The van der Waals surface area contributed by atoms with E-state index >= 15 is 0 Å². The number of rotatable bonds is 6. The molecule has 1 rings (SSSR count). The van der Waals surface area contributed by atoms with Gasteiger partial charge in [-0.3, -0.25) is 0 Å². The van der Waals surface area contributed by atoms with Gasteiger partial charge >= 0.3 is 0 Å². The van der Waals surface area contributed by atoms with Gasteiger partial charge in [0.25, 0.3) is 0 Å². The lowest BCUT2D eigenvalue weighted by molar-refractivity contribution is 0.0940. The maximum atomic E-state index is 13.9. The third kappa shape index (κ3) is 3.52. The fraction of sp³-hybridized carbons (Fsp3) is 0.538. The van der Waals surface area contributed by atoms with E-state index in [9.17, 15) is 4.39 Å². The molecule has 0 N–H and O–H groups in total.